The summed E-state index contributed by atoms with van der Waals surface area (Å²) in [5.41, 5.74) is 1.26. The van der Waals surface area contributed by atoms with Crippen molar-refractivity contribution in [2.75, 3.05) is 26.7 Å². The average Bonchev–Trinajstić information content (AvgIpc) is 3.40. The van der Waals surface area contributed by atoms with Gasteiger partial charge in [0.2, 0.25) is 5.91 Å². The highest BCUT2D eigenvalue weighted by Crippen LogP contribution is 2.32. The van der Waals surface area contributed by atoms with E-state index >= 15 is 0 Å². The quantitative estimate of drug-likeness (QED) is 0.834. The molecule has 22 heavy (non-hydrogen) atoms. The molecule has 0 spiro atoms. The van der Waals surface area contributed by atoms with Crippen molar-refractivity contribution in [2.24, 2.45) is 5.92 Å². The first kappa shape index (κ1) is 15.3. The van der Waals surface area contributed by atoms with Gasteiger partial charge in [-0.1, -0.05) is 42.5 Å². The zero-order valence-corrected chi connectivity index (χ0v) is 13.4. The van der Waals surface area contributed by atoms with E-state index in [9.17, 15) is 4.79 Å². The largest absolute Gasteiger partial charge is 0.342 e. The SMILES string of the molecule is CN(C(=O)C1CC1)C1CCN(C/C=C/c2ccccc2)CC1. The van der Waals surface area contributed by atoms with Crippen molar-refractivity contribution in [3.05, 3.63) is 42.0 Å². The molecule has 0 N–H and O–H groups in total. The van der Waals surface area contributed by atoms with Crippen molar-refractivity contribution < 1.29 is 4.79 Å². The van der Waals surface area contributed by atoms with Gasteiger partial charge < -0.3 is 4.90 Å². The topological polar surface area (TPSA) is 23.6 Å². The van der Waals surface area contributed by atoms with Crippen LogP contribution in [-0.4, -0.2) is 48.4 Å². The number of carbonyl (C=O) groups excluding carboxylic acids is 1. The molecule has 0 unspecified atom stereocenters. The fourth-order valence-electron chi connectivity index (χ4n) is 3.19. The van der Waals surface area contributed by atoms with E-state index in [4.69, 9.17) is 0 Å². The molecule has 3 rings (SSSR count). The highest BCUT2D eigenvalue weighted by Gasteiger charge is 2.35. The molecule has 1 aliphatic carbocycles. The molecule has 2 aliphatic rings. The third kappa shape index (κ3) is 3.98. The van der Waals surface area contributed by atoms with Gasteiger partial charge in [0.15, 0.2) is 0 Å². The van der Waals surface area contributed by atoms with E-state index in [1.807, 2.05) is 18.0 Å². The van der Waals surface area contributed by atoms with Crippen molar-refractivity contribution in [1.29, 1.82) is 0 Å². The first-order valence-corrected chi connectivity index (χ1v) is 8.44. The van der Waals surface area contributed by atoms with Gasteiger partial charge in [-0.15, -0.1) is 0 Å². The molecule has 3 heteroatoms. The van der Waals surface area contributed by atoms with Gasteiger partial charge in [0.25, 0.3) is 0 Å². The molecule has 1 aromatic carbocycles. The fourth-order valence-corrected chi connectivity index (χ4v) is 3.19. The van der Waals surface area contributed by atoms with Crippen LogP contribution in [0.25, 0.3) is 6.08 Å². The van der Waals surface area contributed by atoms with Crippen molar-refractivity contribution in [2.45, 2.75) is 31.7 Å². The van der Waals surface area contributed by atoms with E-state index in [-0.39, 0.29) is 0 Å². The second-order valence-corrected chi connectivity index (χ2v) is 6.57. The van der Waals surface area contributed by atoms with E-state index in [0.29, 0.717) is 17.9 Å². The van der Waals surface area contributed by atoms with Crippen molar-refractivity contribution >= 4 is 12.0 Å². The second kappa shape index (κ2) is 7.10. The van der Waals surface area contributed by atoms with E-state index in [2.05, 4.69) is 41.3 Å². The number of benzene rings is 1. The summed E-state index contributed by atoms with van der Waals surface area (Å²) in [7, 11) is 2.00. The third-order valence-corrected chi connectivity index (χ3v) is 4.85. The number of nitrogens with zero attached hydrogens (tertiary/aromatic N) is 2. The Bertz CT molecular complexity index is 513. The van der Waals surface area contributed by atoms with Crippen molar-refractivity contribution in [3.63, 3.8) is 0 Å². The Morgan fingerprint density at radius 1 is 1.18 bits per heavy atom. The number of carbonyl (C=O) groups is 1. The molecule has 1 saturated carbocycles. The minimum Gasteiger partial charge on any atom is -0.342 e. The molecule has 1 heterocycles. The monoisotopic (exact) mass is 298 g/mol. The number of hydrogen-bond acceptors (Lipinski definition) is 2. The van der Waals surface area contributed by atoms with Crippen LogP contribution >= 0.6 is 0 Å². The zero-order valence-electron chi connectivity index (χ0n) is 13.4. The Balaban J connectivity index is 1.42. The maximum absolute atomic E-state index is 12.1. The van der Waals surface area contributed by atoms with Crippen LogP contribution in [0.15, 0.2) is 36.4 Å². The highest BCUT2D eigenvalue weighted by atomic mass is 16.2. The molecule has 1 aliphatic heterocycles. The van der Waals surface area contributed by atoms with Gasteiger partial charge in [-0.05, 0) is 31.2 Å². The summed E-state index contributed by atoms with van der Waals surface area (Å²) in [6.07, 6.45) is 8.85. The Kier molecular flexibility index (Phi) is 4.94. The van der Waals surface area contributed by atoms with E-state index < -0.39 is 0 Å². The maximum Gasteiger partial charge on any atom is 0.225 e. The summed E-state index contributed by atoms with van der Waals surface area (Å²) in [5, 5.41) is 0. The third-order valence-electron chi connectivity index (χ3n) is 4.85. The van der Waals surface area contributed by atoms with E-state index in [1.54, 1.807) is 0 Å². The second-order valence-electron chi connectivity index (χ2n) is 6.57. The lowest BCUT2D eigenvalue weighted by Gasteiger charge is -2.36. The summed E-state index contributed by atoms with van der Waals surface area (Å²) >= 11 is 0. The van der Waals surface area contributed by atoms with Crippen LogP contribution in [0.1, 0.15) is 31.2 Å². The molecule has 1 amide bonds. The van der Waals surface area contributed by atoms with Crippen LogP contribution in [0.3, 0.4) is 0 Å². The molecular weight excluding hydrogens is 272 g/mol. The summed E-state index contributed by atoms with van der Waals surface area (Å²) in [5.74, 6) is 0.722. The standard InChI is InChI=1S/C19H26N2O/c1-20(19(22)17-9-10-17)18-11-14-21(15-12-18)13-5-8-16-6-3-2-4-7-16/h2-8,17-18H,9-15H2,1H3/b8-5+. The number of piperidine rings is 1. The Morgan fingerprint density at radius 2 is 1.86 bits per heavy atom. The highest BCUT2D eigenvalue weighted by molar-refractivity contribution is 5.81. The minimum absolute atomic E-state index is 0.344. The average molecular weight is 298 g/mol. The Labute approximate surface area is 133 Å². The van der Waals surface area contributed by atoms with Gasteiger partial charge in [-0.2, -0.15) is 0 Å². The van der Waals surface area contributed by atoms with Crippen LogP contribution in [0, 0.1) is 5.92 Å². The molecule has 3 nitrogen and oxygen atoms in total. The molecule has 118 valence electrons. The summed E-state index contributed by atoms with van der Waals surface area (Å²) in [4.78, 5) is 16.6. The van der Waals surface area contributed by atoms with Crippen molar-refractivity contribution in [1.82, 2.24) is 9.80 Å². The molecule has 1 saturated heterocycles. The predicted molar refractivity (Wildman–Crippen MR) is 90.4 cm³/mol. The van der Waals surface area contributed by atoms with Crippen LogP contribution in [-0.2, 0) is 4.79 Å². The minimum atomic E-state index is 0.344. The summed E-state index contributed by atoms with van der Waals surface area (Å²) in [6.45, 7) is 3.18. The van der Waals surface area contributed by atoms with Gasteiger partial charge >= 0.3 is 0 Å². The zero-order chi connectivity index (χ0) is 15.4. The number of rotatable bonds is 5. The van der Waals surface area contributed by atoms with Gasteiger partial charge in [0, 0.05) is 38.6 Å². The first-order valence-electron chi connectivity index (χ1n) is 8.44. The lowest BCUT2D eigenvalue weighted by molar-refractivity contribution is -0.134. The molecule has 2 fully saturated rings. The molecule has 0 radical (unpaired) electrons. The van der Waals surface area contributed by atoms with Crippen molar-refractivity contribution in [3.8, 4) is 0 Å². The lowest BCUT2D eigenvalue weighted by Crippen LogP contribution is -2.46. The first-order chi connectivity index (χ1) is 10.7. The fraction of sp³-hybridized carbons (Fsp3) is 0.526. The van der Waals surface area contributed by atoms with Crippen LogP contribution < -0.4 is 0 Å². The number of amides is 1. The molecule has 0 aromatic heterocycles. The molecule has 1 aromatic rings. The maximum atomic E-state index is 12.1. The van der Waals surface area contributed by atoms with Crippen LogP contribution in [0.5, 0.6) is 0 Å². The Morgan fingerprint density at radius 3 is 2.50 bits per heavy atom. The van der Waals surface area contributed by atoms with Gasteiger partial charge in [0.1, 0.15) is 0 Å². The summed E-state index contributed by atoms with van der Waals surface area (Å²) < 4.78 is 0. The molecule has 0 bridgehead atoms. The van der Waals surface area contributed by atoms with E-state index in [1.165, 1.54) is 5.56 Å². The number of likely N-dealkylation sites (tertiary alicyclic amines) is 1. The van der Waals surface area contributed by atoms with Gasteiger partial charge in [-0.25, -0.2) is 0 Å². The van der Waals surface area contributed by atoms with Gasteiger partial charge in [-0.3, -0.25) is 9.69 Å². The van der Waals surface area contributed by atoms with E-state index in [0.717, 1.165) is 45.3 Å². The molecular formula is C19H26N2O. The van der Waals surface area contributed by atoms with Crippen LogP contribution in [0.4, 0.5) is 0 Å². The Hall–Kier alpha value is -1.61. The van der Waals surface area contributed by atoms with Gasteiger partial charge in [0.05, 0.1) is 0 Å². The smallest absolute Gasteiger partial charge is 0.225 e. The number of hydrogen-bond donors (Lipinski definition) is 0. The normalized spacial score (nSPS) is 20.4. The molecule has 0 atom stereocenters. The summed E-state index contributed by atoms with van der Waals surface area (Å²) in [6, 6.07) is 10.9. The lowest BCUT2D eigenvalue weighted by atomic mass is 10.0. The predicted octanol–water partition coefficient (Wildman–Crippen LogP) is 3.03. The van der Waals surface area contributed by atoms with Crippen LogP contribution in [0.2, 0.25) is 0 Å².